The molecule has 3 N–H and O–H groups in total. The number of nitrogens with zero attached hydrogens (tertiary/aromatic N) is 2. The third-order valence-corrected chi connectivity index (χ3v) is 6.88. The number of aromatic nitrogens is 1. The third kappa shape index (κ3) is 7.55. The lowest BCUT2D eigenvalue weighted by Gasteiger charge is -2.22. The molecular weight excluding hydrogens is 530 g/mol. The van der Waals surface area contributed by atoms with Crippen LogP contribution in [-0.2, 0) is 9.59 Å². The van der Waals surface area contributed by atoms with Crippen LogP contribution in [0.4, 0.5) is 11.4 Å². The van der Waals surface area contributed by atoms with Gasteiger partial charge in [-0.1, -0.05) is 51.1 Å². The molecule has 1 heterocycles. The minimum atomic E-state index is -0.524. The van der Waals surface area contributed by atoms with E-state index in [-0.39, 0.29) is 30.7 Å². The van der Waals surface area contributed by atoms with Crippen LogP contribution < -0.4 is 15.4 Å². The van der Waals surface area contributed by atoms with Gasteiger partial charge in [-0.15, -0.1) is 0 Å². The second-order valence-corrected chi connectivity index (χ2v) is 10.5. The Morgan fingerprint density at radius 1 is 0.929 bits per heavy atom. The van der Waals surface area contributed by atoms with E-state index in [1.54, 1.807) is 48.5 Å². The molecule has 0 radical (unpaired) electrons. The Bertz CT molecular complexity index is 1600. The largest absolute Gasteiger partial charge is 0.457 e. The molecule has 9 heteroatoms. The SMILES string of the molecule is [C-]#[N+]c1cccc2cc(C(=O)N(CC(=O)Nc3ccc(Oc4ccc(C(C)C)cc4)cc3)CC(=O)NC(C)CC)[nH]c12. The van der Waals surface area contributed by atoms with E-state index in [9.17, 15) is 14.4 Å². The lowest BCUT2D eigenvalue weighted by molar-refractivity contribution is -0.123. The van der Waals surface area contributed by atoms with E-state index in [1.165, 1.54) is 10.5 Å². The molecule has 0 saturated carbocycles. The molecule has 0 aliphatic heterocycles. The Morgan fingerprint density at radius 3 is 2.19 bits per heavy atom. The molecule has 9 nitrogen and oxygen atoms in total. The lowest BCUT2D eigenvalue weighted by atomic mass is 10.0. The lowest BCUT2D eigenvalue weighted by Crippen LogP contribution is -2.46. The summed E-state index contributed by atoms with van der Waals surface area (Å²) in [7, 11) is 0. The molecule has 3 aromatic carbocycles. The normalized spacial score (nSPS) is 11.5. The Morgan fingerprint density at radius 2 is 1.57 bits per heavy atom. The van der Waals surface area contributed by atoms with Crippen LogP contribution in [0.25, 0.3) is 15.7 Å². The second kappa shape index (κ2) is 13.5. The van der Waals surface area contributed by atoms with Gasteiger partial charge in [-0.05, 0) is 72.7 Å². The van der Waals surface area contributed by atoms with Gasteiger partial charge in [0.05, 0.1) is 12.1 Å². The van der Waals surface area contributed by atoms with Gasteiger partial charge < -0.3 is 25.3 Å². The summed E-state index contributed by atoms with van der Waals surface area (Å²) in [4.78, 5) is 46.9. The molecule has 0 aliphatic carbocycles. The number of anilines is 1. The Labute approximate surface area is 245 Å². The highest BCUT2D eigenvalue weighted by Gasteiger charge is 2.24. The van der Waals surface area contributed by atoms with Crippen molar-refractivity contribution in [3.63, 3.8) is 0 Å². The highest BCUT2D eigenvalue weighted by atomic mass is 16.5. The molecule has 4 rings (SSSR count). The number of fused-ring (bicyclic) bond motifs is 1. The molecule has 0 spiro atoms. The number of benzene rings is 3. The van der Waals surface area contributed by atoms with E-state index in [0.29, 0.717) is 39.7 Å². The van der Waals surface area contributed by atoms with Crippen LogP contribution in [0.15, 0.2) is 72.8 Å². The van der Waals surface area contributed by atoms with Crippen LogP contribution in [0, 0.1) is 6.57 Å². The summed E-state index contributed by atoms with van der Waals surface area (Å²) in [6, 6.07) is 21.5. The summed E-state index contributed by atoms with van der Waals surface area (Å²) in [6.07, 6.45) is 0.727. The topological polar surface area (TPSA) is 108 Å². The summed E-state index contributed by atoms with van der Waals surface area (Å²) in [5.41, 5.74) is 2.84. The number of ether oxygens (including phenoxy) is 1. The first kappa shape index (κ1) is 29.9. The summed E-state index contributed by atoms with van der Waals surface area (Å²) in [5, 5.41) is 6.32. The highest BCUT2D eigenvalue weighted by Crippen LogP contribution is 2.27. The summed E-state index contributed by atoms with van der Waals surface area (Å²) in [5.74, 6) is 0.399. The van der Waals surface area contributed by atoms with Crippen LogP contribution in [0.5, 0.6) is 11.5 Å². The van der Waals surface area contributed by atoms with Crippen LogP contribution in [0.1, 0.15) is 56.1 Å². The Kier molecular flexibility index (Phi) is 9.61. The van der Waals surface area contributed by atoms with Gasteiger partial charge in [-0.25, -0.2) is 4.85 Å². The molecule has 1 unspecified atom stereocenters. The molecule has 3 amide bonds. The van der Waals surface area contributed by atoms with Crippen LogP contribution >= 0.6 is 0 Å². The molecule has 1 atom stereocenters. The number of hydrogen-bond acceptors (Lipinski definition) is 4. The standard InChI is InChI=1S/C33H35N5O4/c1-6-22(4)35-30(39)19-38(33(41)29-18-24-8-7-9-28(34-5)32(24)37-29)20-31(40)36-25-12-16-27(17-13-25)42-26-14-10-23(11-15-26)21(2)3/h7-18,21-22,37H,6,19-20H2,1-4H3,(H,35,39)(H,36,40). The average molecular weight is 566 g/mol. The zero-order valence-corrected chi connectivity index (χ0v) is 24.2. The number of H-pyrrole nitrogens is 1. The molecule has 0 bridgehead atoms. The predicted octanol–water partition coefficient (Wildman–Crippen LogP) is 6.63. The maximum Gasteiger partial charge on any atom is 0.271 e. The van der Waals surface area contributed by atoms with Gasteiger partial charge in [0, 0.05) is 11.7 Å². The first-order chi connectivity index (χ1) is 20.2. The first-order valence-electron chi connectivity index (χ1n) is 13.9. The minimum absolute atomic E-state index is 0.0774. The Balaban J connectivity index is 1.45. The van der Waals surface area contributed by atoms with Crippen molar-refractivity contribution in [1.29, 1.82) is 0 Å². The van der Waals surface area contributed by atoms with E-state index < -0.39 is 11.8 Å². The quantitative estimate of drug-likeness (QED) is 0.177. The van der Waals surface area contributed by atoms with Crippen molar-refractivity contribution in [3.8, 4) is 11.5 Å². The van der Waals surface area contributed by atoms with Gasteiger partial charge in [-0.3, -0.25) is 14.4 Å². The second-order valence-electron chi connectivity index (χ2n) is 10.5. The van der Waals surface area contributed by atoms with Gasteiger partial charge in [0.2, 0.25) is 17.5 Å². The number of hydrogen-bond donors (Lipinski definition) is 3. The first-order valence-corrected chi connectivity index (χ1v) is 13.9. The number of rotatable bonds is 11. The van der Waals surface area contributed by atoms with Crippen molar-refractivity contribution < 1.29 is 19.1 Å². The number of nitrogens with one attached hydrogen (secondary N) is 3. The predicted molar refractivity (Wildman–Crippen MR) is 164 cm³/mol. The fourth-order valence-corrected chi connectivity index (χ4v) is 4.35. The number of para-hydroxylation sites is 1. The van der Waals surface area contributed by atoms with Crippen molar-refractivity contribution in [2.75, 3.05) is 18.4 Å². The van der Waals surface area contributed by atoms with Gasteiger partial charge >= 0.3 is 0 Å². The molecule has 42 heavy (non-hydrogen) atoms. The van der Waals surface area contributed by atoms with E-state index in [1.807, 2.05) is 38.1 Å². The van der Waals surface area contributed by atoms with Gasteiger partial charge in [0.1, 0.15) is 30.3 Å². The fraction of sp³-hybridized carbons (Fsp3) is 0.273. The van der Waals surface area contributed by atoms with Crippen molar-refractivity contribution in [2.45, 2.75) is 46.1 Å². The van der Waals surface area contributed by atoms with Crippen molar-refractivity contribution in [2.24, 2.45) is 0 Å². The fourth-order valence-electron chi connectivity index (χ4n) is 4.35. The van der Waals surface area contributed by atoms with E-state index in [4.69, 9.17) is 11.3 Å². The third-order valence-electron chi connectivity index (χ3n) is 6.88. The van der Waals surface area contributed by atoms with Crippen molar-refractivity contribution in [1.82, 2.24) is 15.2 Å². The molecule has 0 aliphatic rings. The molecule has 0 fully saturated rings. The maximum absolute atomic E-state index is 13.5. The van der Waals surface area contributed by atoms with Crippen molar-refractivity contribution in [3.05, 3.63) is 95.5 Å². The van der Waals surface area contributed by atoms with Crippen molar-refractivity contribution >= 4 is 40.0 Å². The number of carbonyl (C=O) groups is 3. The highest BCUT2D eigenvalue weighted by molar-refractivity contribution is 6.04. The summed E-state index contributed by atoms with van der Waals surface area (Å²) in [6.45, 7) is 14.8. The number of amides is 3. The monoisotopic (exact) mass is 565 g/mol. The van der Waals surface area contributed by atoms with Gasteiger partial charge in [-0.2, -0.15) is 0 Å². The molecular formula is C33H35N5O4. The zero-order chi connectivity index (χ0) is 30.2. The van der Waals surface area contributed by atoms with E-state index in [0.717, 1.165) is 6.42 Å². The number of carbonyl (C=O) groups excluding carboxylic acids is 3. The van der Waals surface area contributed by atoms with Crippen LogP contribution in [-0.4, -0.2) is 46.7 Å². The molecule has 4 aromatic rings. The van der Waals surface area contributed by atoms with Crippen LogP contribution in [0.3, 0.4) is 0 Å². The summed E-state index contributed by atoms with van der Waals surface area (Å²) >= 11 is 0. The maximum atomic E-state index is 13.5. The molecule has 216 valence electrons. The summed E-state index contributed by atoms with van der Waals surface area (Å²) < 4.78 is 5.91. The molecule has 0 saturated heterocycles. The van der Waals surface area contributed by atoms with Gasteiger partial charge in [0.15, 0.2) is 0 Å². The zero-order valence-electron chi connectivity index (χ0n) is 24.2. The minimum Gasteiger partial charge on any atom is -0.457 e. The van der Waals surface area contributed by atoms with Crippen LogP contribution in [0.2, 0.25) is 0 Å². The molecule has 1 aromatic heterocycles. The van der Waals surface area contributed by atoms with Gasteiger partial charge in [0.25, 0.3) is 5.91 Å². The smallest absolute Gasteiger partial charge is 0.271 e. The number of aromatic amines is 1. The van der Waals surface area contributed by atoms with E-state index >= 15 is 0 Å². The average Bonchev–Trinajstić information content (AvgIpc) is 3.42. The Hall–Kier alpha value is -5.10. The van der Waals surface area contributed by atoms with E-state index in [2.05, 4.69) is 34.3 Å².